The maximum atomic E-state index is 11.5. The summed E-state index contributed by atoms with van der Waals surface area (Å²) in [5, 5.41) is 11.5. The van der Waals surface area contributed by atoms with Crippen molar-refractivity contribution < 1.29 is 5.11 Å². The van der Waals surface area contributed by atoms with Crippen LogP contribution in [0, 0.1) is 17.3 Å². The molecular formula is C17H32N2O. The van der Waals surface area contributed by atoms with Gasteiger partial charge in [0.15, 0.2) is 0 Å². The Morgan fingerprint density at radius 3 is 2.45 bits per heavy atom. The van der Waals surface area contributed by atoms with Crippen molar-refractivity contribution in [1.82, 2.24) is 4.90 Å². The molecule has 2 atom stereocenters. The van der Waals surface area contributed by atoms with Crippen LogP contribution in [0.15, 0.2) is 0 Å². The molecule has 1 aliphatic carbocycles. The molecule has 3 nitrogen and oxygen atoms in total. The summed E-state index contributed by atoms with van der Waals surface area (Å²) in [6.07, 6.45) is 8.14. The average Bonchev–Trinajstić information content (AvgIpc) is 3.04. The topological polar surface area (TPSA) is 49.5 Å². The second-order valence-corrected chi connectivity index (χ2v) is 7.93. The summed E-state index contributed by atoms with van der Waals surface area (Å²) in [5.41, 5.74) is 5.70. The molecule has 2 heterocycles. The normalized spacial score (nSPS) is 46.0. The van der Waals surface area contributed by atoms with Gasteiger partial charge in [0.2, 0.25) is 0 Å². The summed E-state index contributed by atoms with van der Waals surface area (Å²) in [4.78, 5) is 2.52. The van der Waals surface area contributed by atoms with Crippen molar-refractivity contribution in [2.75, 3.05) is 19.6 Å². The number of hydrogen-bond donors (Lipinski definition) is 2. The van der Waals surface area contributed by atoms with Crippen LogP contribution in [-0.4, -0.2) is 41.3 Å². The SMILES string of the molecule is CC(C)C1CCC(CN)(C2(O)CCN3CCCC32)CC1. The summed E-state index contributed by atoms with van der Waals surface area (Å²) in [7, 11) is 0. The molecule has 3 N–H and O–H groups in total. The highest BCUT2D eigenvalue weighted by atomic mass is 16.3. The molecule has 0 radical (unpaired) electrons. The summed E-state index contributed by atoms with van der Waals surface area (Å²) < 4.78 is 0. The van der Waals surface area contributed by atoms with E-state index in [0.717, 1.165) is 37.6 Å². The van der Waals surface area contributed by atoms with Crippen molar-refractivity contribution in [3.63, 3.8) is 0 Å². The second kappa shape index (κ2) is 5.26. The largest absolute Gasteiger partial charge is 0.388 e. The number of hydrogen-bond acceptors (Lipinski definition) is 3. The third kappa shape index (κ3) is 2.05. The van der Waals surface area contributed by atoms with Crippen LogP contribution in [0.4, 0.5) is 0 Å². The quantitative estimate of drug-likeness (QED) is 0.834. The number of rotatable bonds is 3. The van der Waals surface area contributed by atoms with Gasteiger partial charge in [-0.1, -0.05) is 13.8 Å². The van der Waals surface area contributed by atoms with E-state index in [1.165, 1.54) is 32.2 Å². The fourth-order valence-corrected chi connectivity index (χ4v) is 5.41. The predicted octanol–water partition coefficient (Wildman–Crippen LogP) is 2.38. The first-order valence-electron chi connectivity index (χ1n) is 8.69. The molecule has 3 fully saturated rings. The molecule has 3 rings (SSSR count). The summed E-state index contributed by atoms with van der Waals surface area (Å²) >= 11 is 0. The number of fused-ring (bicyclic) bond motifs is 1. The smallest absolute Gasteiger partial charge is 0.0882 e. The fraction of sp³-hybridized carbons (Fsp3) is 1.00. The van der Waals surface area contributed by atoms with E-state index in [0.29, 0.717) is 12.6 Å². The maximum Gasteiger partial charge on any atom is 0.0882 e. The predicted molar refractivity (Wildman–Crippen MR) is 82.4 cm³/mol. The minimum atomic E-state index is -0.514. The Bertz CT molecular complexity index is 349. The summed E-state index contributed by atoms with van der Waals surface area (Å²) in [5.74, 6) is 1.60. The Morgan fingerprint density at radius 2 is 1.85 bits per heavy atom. The molecule has 20 heavy (non-hydrogen) atoms. The van der Waals surface area contributed by atoms with Gasteiger partial charge in [0, 0.05) is 24.5 Å². The molecule has 1 saturated carbocycles. The van der Waals surface area contributed by atoms with Crippen LogP contribution in [0.2, 0.25) is 0 Å². The van der Waals surface area contributed by atoms with Gasteiger partial charge in [-0.3, -0.25) is 4.90 Å². The lowest BCUT2D eigenvalue weighted by Gasteiger charge is -2.52. The van der Waals surface area contributed by atoms with E-state index < -0.39 is 5.60 Å². The maximum absolute atomic E-state index is 11.5. The lowest BCUT2D eigenvalue weighted by molar-refractivity contribution is -0.120. The molecule has 0 aromatic rings. The third-order valence-corrected chi connectivity index (χ3v) is 6.93. The lowest BCUT2D eigenvalue weighted by atomic mass is 9.57. The van der Waals surface area contributed by atoms with Crippen LogP contribution >= 0.6 is 0 Å². The molecule has 3 heteroatoms. The van der Waals surface area contributed by atoms with Crippen LogP contribution in [0.1, 0.15) is 58.8 Å². The zero-order valence-corrected chi connectivity index (χ0v) is 13.3. The molecule has 0 amide bonds. The Morgan fingerprint density at radius 1 is 1.15 bits per heavy atom. The van der Waals surface area contributed by atoms with Crippen LogP contribution in [0.25, 0.3) is 0 Å². The third-order valence-electron chi connectivity index (χ3n) is 6.93. The van der Waals surface area contributed by atoms with Gasteiger partial charge in [-0.15, -0.1) is 0 Å². The van der Waals surface area contributed by atoms with Crippen molar-refractivity contribution in [3.05, 3.63) is 0 Å². The van der Waals surface area contributed by atoms with Crippen molar-refractivity contribution >= 4 is 0 Å². The van der Waals surface area contributed by atoms with Gasteiger partial charge >= 0.3 is 0 Å². The number of aliphatic hydroxyl groups is 1. The summed E-state index contributed by atoms with van der Waals surface area (Å²) in [6, 6.07) is 0.390. The van der Waals surface area contributed by atoms with Gasteiger partial charge in [-0.25, -0.2) is 0 Å². The standard InChI is InChI=1S/C17H32N2O/c1-13(2)14-5-7-16(12-18,8-6-14)17(20)9-11-19-10-3-4-15(17)19/h13-15,20H,3-12,18H2,1-2H3. The Balaban J connectivity index is 1.79. The highest BCUT2D eigenvalue weighted by Crippen LogP contribution is 2.54. The molecule has 0 aromatic heterocycles. The molecule has 2 unspecified atom stereocenters. The highest BCUT2D eigenvalue weighted by molar-refractivity contribution is 5.13. The van der Waals surface area contributed by atoms with Gasteiger partial charge in [-0.05, 0) is 63.3 Å². The van der Waals surface area contributed by atoms with Crippen molar-refractivity contribution in [2.24, 2.45) is 23.0 Å². The molecule has 2 aliphatic heterocycles. The molecule has 2 saturated heterocycles. The van der Waals surface area contributed by atoms with E-state index in [1.807, 2.05) is 0 Å². The first-order chi connectivity index (χ1) is 9.52. The average molecular weight is 280 g/mol. The monoisotopic (exact) mass is 280 g/mol. The first kappa shape index (κ1) is 14.8. The van der Waals surface area contributed by atoms with Crippen LogP contribution in [0.5, 0.6) is 0 Å². The van der Waals surface area contributed by atoms with E-state index >= 15 is 0 Å². The molecule has 0 aromatic carbocycles. The van der Waals surface area contributed by atoms with E-state index in [-0.39, 0.29) is 5.41 Å². The van der Waals surface area contributed by atoms with Gasteiger partial charge in [-0.2, -0.15) is 0 Å². The number of nitrogens with two attached hydrogens (primary N) is 1. The van der Waals surface area contributed by atoms with Gasteiger partial charge in [0.1, 0.15) is 0 Å². The van der Waals surface area contributed by atoms with E-state index in [9.17, 15) is 5.11 Å². The van der Waals surface area contributed by atoms with Crippen molar-refractivity contribution in [2.45, 2.75) is 70.4 Å². The van der Waals surface area contributed by atoms with Crippen LogP contribution in [-0.2, 0) is 0 Å². The number of nitrogens with zero attached hydrogens (tertiary/aromatic N) is 1. The van der Waals surface area contributed by atoms with E-state index in [1.54, 1.807) is 0 Å². The Kier molecular flexibility index (Phi) is 3.89. The molecule has 116 valence electrons. The fourth-order valence-electron chi connectivity index (χ4n) is 5.41. The molecular weight excluding hydrogens is 248 g/mol. The Labute approximate surface area is 123 Å². The van der Waals surface area contributed by atoms with Crippen LogP contribution < -0.4 is 5.73 Å². The molecule has 3 aliphatic rings. The van der Waals surface area contributed by atoms with Crippen molar-refractivity contribution in [1.29, 1.82) is 0 Å². The zero-order chi connectivity index (χ0) is 14.4. The lowest BCUT2D eigenvalue weighted by Crippen LogP contribution is -2.59. The molecule has 0 spiro atoms. The van der Waals surface area contributed by atoms with Gasteiger partial charge in [0.25, 0.3) is 0 Å². The van der Waals surface area contributed by atoms with Gasteiger partial charge in [0.05, 0.1) is 5.60 Å². The minimum Gasteiger partial charge on any atom is -0.388 e. The minimum absolute atomic E-state index is 0.0118. The van der Waals surface area contributed by atoms with Crippen LogP contribution in [0.3, 0.4) is 0 Å². The van der Waals surface area contributed by atoms with E-state index in [4.69, 9.17) is 5.73 Å². The summed E-state index contributed by atoms with van der Waals surface area (Å²) in [6.45, 7) is 7.60. The second-order valence-electron chi connectivity index (χ2n) is 7.93. The molecule has 0 bridgehead atoms. The Hall–Kier alpha value is -0.120. The highest BCUT2D eigenvalue weighted by Gasteiger charge is 2.59. The van der Waals surface area contributed by atoms with Gasteiger partial charge < -0.3 is 10.8 Å². The van der Waals surface area contributed by atoms with Crippen molar-refractivity contribution in [3.8, 4) is 0 Å². The first-order valence-corrected chi connectivity index (χ1v) is 8.69. The zero-order valence-electron chi connectivity index (χ0n) is 13.3. The van der Waals surface area contributed by atoms with E-state index in [2.05, 4.69) is 18.7 Å².